The minimum atomic E-state index is -0.945. The Bertz CT molecular complexity index is 1510. The molecular weight excluding hydrogens is 491 g/mol. The van der Waals surface area contributed by atoms with Gasteiger partial charge < -0.3 is 9.84 Å². The number of aliphatic hydroxyl groups excluding tert-OH is 1. The maximum absolute atomic E-state index is 13.8. The summed E-state index contributed by atoms with van der Waals surface area (Å²) < 4.78 is 20.3. The Labute approximate surface area is 217 Å². The average Bonchev–Trinajstić information content (AvgIpc) is 3.41. The van der Waals surface area contributed by atoms with E-state index in [9.17, 15) is 19.1 Å². The molecule has 0 saturated carbocycles. The van der Waals surface area contributed by atoms with Gasteiger partial charge in [-0.05, 0) is 48.2 Å². The Hall–Kier alpha value is -4.04. The third-order valence-electron chi connectivity index (χ3n) is 6.17. The van der Waals surface area contributed by atoms with Crippen molar-refractivity contribution in [3.63, 3.8) is 0 Å². The van der Waals surface area contributed by atoms with Crippen molar-refractivity contribution in [2.75, 3.05) is 11.5 Å². The van der Waals surface area contributed by atoms with E-state index in [0.29, 0.717) is 39.6 Å². The van der Waals surface area contributed by atoms with Gasteiger partial charge in [-0.2, -0.15) is 0 Å². The van der Waals surface area contributed by atoms with Gasteiger partial charge in [-0.25, -0.2) is 9.37 Å². The number of amides is 1. The molecule has 1 aromatic heterocycles. The Kier molecular flexibility index (Phi) is 6.76. The summed E-state index contributed by atoms with van der Waals surface area (Å²) >= 11 is 1.11. The number of ketones is 1. The van der Waals surface area contributed by atoms with E-state index in [2.05, 4.69) is 18.8 Å². The number of aliphatic hydroxyl groups is 1. The molecule has 1 fully saturated rings. The number of thiazole rings is 1. The summed E-state index contributed by atoms with van der Waals surface area (Å²) in [5, 5.41) is 11.5. The number of halogens is 1. The van der Waals surface area contributed by atoms with Gasteiger partial charge in [0.25, 0.3) is 5.78 Å². The molecule has 37 heavy (non-hydrogen) atoms. The molecule has 1 aliphatic rings. The van der Waals surface area contributed by atoms with Crippen LogP contribution in [-0.4, -0.2) is 28.4 Å². The second-order valence-electron chi connectivity index (χ2n) is 9.25. The van der Waals surface area contributed by atoms with Gasteiger partial charge >= 0.3 is 5.91 Å². The molecule has 1 amide bonds. The summed E-state index contributed by atoms with van der Waals surface area (Å²) in [4.78, 5) is 32.6. The number of rotatable bonds is 7. The SMILES string of the molecule is CC(C)CCOc1cccc(C2/C(=C(\O)c3ccccc3)C(=O)C(=O)N2c2nc3ccc(F)cc3s2)c1. The fourth-order valence-electron chi connectivity index (χ4n) is 4.27. The van der Waals surface area contributed by atoms with Crippen molar-refractivity contribution in [1.82, 2.24) is 4.98 Å². The van der Waals surface area contributed by atoms with E-state index in [-0.39, 0.29) is 16.5 Å². The van der Waals surface area contributed by atoms with Gasteiger partial charge in [-0.1, -0.05) is 67.6 Å². The van der Waals surface area contributed by atoms with Gasteiger partial charge in [-0.3, -0.25) is 14.5 Å². The van der Waals surface area contributed by atoms with Crippen molar-refractivity contribution >= 4 is 44.1 Å². The van der Waals surface area contributed by atoms with Gasteiger partial charge in [0.2, 0.25) is 0 Å². The van der Waals surface area contributed by atoms with Gasteiger partial charge in [0.15, 0.2) is 5.13 Å². The largest absolute Gasteiger partial charge is 0.507 e. The average molecular weight is 517 g/mol. The number of fused-ring (bicyclic) bond motifs is 1. The number of aromatic nitrogens is 1. The zero-order valence-electron chi connectivity index (χ0n) is 20.3. The highest BCUT2D eigenvalue weighted by Gasteiger charge is 2.48. The lowest BCUT2D eigenvalue weighted by Gasteiger charge is -2.23. The predicted molar refractivity (Wildman–Crippen MR) is 142 cm³/mol. The highest BCUT2D eigenvalue weighted by molar-refractivity contribution is 7.22. The molecule has 0 bridgehead atoms. The lowest BCUT2D eigenvalue weighted by molar-refractivity contribution is -0.132. The van der Waals surface area contributed by atoms with Gasteiger partial charge in [-0.15, -0.1) is 0 Å². The summed E-state index contributed by atoms with van der Waals surface area (Å²) in [6, 6.07) is 19.0. The molecule has 1 atom stereocenters. The molecule has 1 saturated heterocycles. The second kappa shape index (κ2) is 10.1. The molecule has 1 aliphatic heterocycles. The van der Waals surface area contributed by atoms with Crippen LogP contribution in [-0.2, 0) is 9.59 Å². The van der Waals surface area contributed by atoms with Crippen LogP contribution in [0.5, 0.6) is 5.75 Å². The van der Waals surface area contributed by atoms with E-state index in [1.54, 1.807) is 48.5 Å². The van der Waals surface area contributed by atoms with Crippen molar-refractivity contribution in [3.05, 3.63) is 95.3 Å². The molecule has 1 unspecified atom stereocenters. The lowest BCUT2D eigenvalue weighted by atomic mass is 9.95. The van der Waals surface area contributed by atoms with E-state index >= 15 is 0 Å². The first kappa shape index (κ1) is 24.6. The van der Waals surface area contributed by atoms with Crippen LogP contribution in [0.2, 0.25) is 0 Å². The highest BCUT2D eigenvalue weighted by Crippen LogP contribution is 2.44. The zero-order valence-corrected chi connectivity index (χ0v) is 21.2. The Balaban J connectivity index is 1.65. The van der Waals surface area contributed by atoms with Crippen LogP contribution in [0.4, 0.5) is 9.52 Å². The van der Waals surface area contributed by atoms with Crippen LogP contribution < -0.4 is 9.64 Å². The number of hydrogen-bond donors (Lipinski definition) is 1. The molecule has 4 aromatic rings. The molecule has 0 spiro atoms. The lowest BCUT2D eigenvalue weighted by Crippen LogP contribution is -2.29. The van der Waals surface area contributed by atoms with Gasteiger partial charge in [0, 0.05) is 5.56 Å². The third kappa shape index (κ3) is 4.84. The molecule has 0 aliphatic carbocycles. The standard InChI is InChI=1S/C29H25FN2O4S/c1-17(2)13-14-36-21-10-6-9-19(15-21)25-24(26(33)18-7-4-3-5-8-18)27(34)28(35)32(25)29-31-22-12-11-20(30)16-23(22)37-29/h3-12,15-17,25,33H,13-14H2,1-2H3/b26-24+. The van der Waals surface area contributed by atoms with Crippen LogP contribution in [0.3, 0.4) is 0 Å². The zero-order chi connectivity index (χ0) is 26.1. The minimum absolute atomic E-state index is 0.0408. The normalized spacial score (nSPS) is 17.2. The number of nitrogens with zero attached hydrogens (tertiary/aromatic N) is 2. The fourth-order valence-corrected chi connectivity index (χ4v) is 5.29. The van der Waals surface area contributed by atoms with Crippen LogP contribution in [0.15, 0.2) is 78.4 Å². The summed E-state index contributed by atoms with van der Waals surface area (Å²) in [5.41, 5.74) is 1.47. The molecule has 5 rings (SSSR count). The van der Waals surface area contributed by atoms with Crippen LogP contribution in [0.1, 0.15) is 37.4 Å². The predicted octanol–water partition coefficient (Wildman–Crippen LogP) is 6.49. The van der Waals surface area contributed by atoms with Crippen molar-refractivity contribution in [2.24, 2.45) is 5.92 Å². The maximum Gasteiger partial charge on any atom is 0.301 e. The quantitative estimate of drug-likeness (QED) is 0.173. The maximum atomic E-state index is 13.8. The molecule has 188 valence electrons. The van der Waals surface area contributed by atoms with Crippen molar-refractivity contribution in [1.29, 1.82) is 0 Å². The molecular formula is C29H25FN2O4S. The van der Waals surface area contributed by atoms with Crippen LogP contribution in [0, 0.1) is 11.7 Å². The number of ether oxygens (including phenoxy) is 1. The second-order valence-corrected chi connectivity index (χ2v) is 10.3. The van der Waals surface area contributed by atoms with Crippen LogP contribution in [0.25, 0.3) is 16.0 Å². The summed E-state index contributed by atoms with van der Waals surface area (Å²) in [7, 11) is 0. The van der Waals surface area contributed by atoms with Crippen molar-refractivity contribution in [2.45, 2.75) is 26.3 Å². The highest BCUT2D eigenvalue weighted by atomic mass is 32.1. The third-order valence-corrected chi connectivity index (χ3v) is 7.19. The van der Waals surface area contributed by atoms with Crippen LogP contribution >= 0.6 is 11.3 Å². The first-order valence-electron chi connectivity index (χ1n) is 12.0. The number of anilines is 1. The molecule has 2 heterocycles. The first-order chi connectivity index (χ1) is 17.8. The van der Waals surface area contributed by atoms with Crippen molar-refractivity contribution in [3.8, 4) is 5.75 Å². The first-order valence-corrected chi connectivity index (χ1v) is 12.8. The Morgan fingerprint density at radius 3 is 2.62 bits per heavy atom. The summed E-state index contributed by atoms with van der Waals surface area (Å²) in [6.45, 7) is 4.75. The number of benzene rings is 3. The van der Waals surface area contributed by atoms with Gasteiger partial charge in [0.1, 0.15) is 17.3 Å². The van der Waals surface area contributed by atoms with E-state index in [1.807, 2.05) is 6.07 Å². The fraction of sp³-hybridized carbons (Fsp3) is 0.207. The van der Waals surface area contributed by atoms with E-state index in [4.69, 9.17) is 4.74 Å². The number of carbonyl (C=O) groups excluding carboxylic acids is 2. The Morgan fingerprint density at radius 1 is 1.08 bits per heavy atom. The van der Waals surface area contributed by atoms with E-state index in [1.165, 1.54) is 23.1 Å². The molecule has 1 N–H and O–H groups in total. The minimum Gasteiger partial charge on any atom is -0.507 e. The summed E-state index contributed by atoms with van der Waals surface area (Å²) in [6.07, 6.45) is 0.874. The smallest absolute Gasteiger partial charge is 0.301 e. The molecule has 3 aromatic carbocycles. The summed E-state index contributed by atoms with van der Waals surface area (Å²) in [5.74, 6) is -1.25. The van der Waals surface area contributed by atoms with Crippen molar-refractivity contribution < 1.29 is 23.8 Å². The Morgan fingerprint density at radius 2 is 1.86 bits per heavy atom. The van der Waals surface area contributed by atoms with E-state index < -0.39 is 23.5 Å². The molecule has 8 heteroatoms. The molecule has 0 radical (unpaired) electrons. The van der Waals surface area contributed by atoms with E-state index in [0.717, 1.165) is 17.8 Å². The van der Waals surface area contributed by atoms with Gasteiger partial charge in [0.05, 0.1) is 28.4 Å². The number of carbonyl (C=O) groups is 2. The monoisotopic (exact) mass is 516 g/mol. The topological polar surface area (TPSA) is 79.7 Å². The number of hydrogen-bond acceptors (Lipinski definition) is 6. The number of Topliss-reactive ketones (excluding diaryl/α,β-unsaturated/α-hetero) is 1. The molecule has 6 nitrogen and oxygen atoms in total.